The van der Waals surface area contributed by atoms with Crippen LogP contribution in [0.1, 0.15) is 99.2 Å². The fourth-order valence-electron chi connectivity index (χ4n) is 7.29. The number of benzene rings is 1. The van der Waals surface area contributed by atoms with Gasteiger partial charge in [0.15, 0.2) is 0 Å². The van der Waals surface area contributed by atoms with Crippen molar-refractivity contribution in [3.8, 4) is 0 Å². The number of nitrogens with zero attached hydrogens (tertiary/aromatic N) is 2. The van der Waals surface area contributed by atoms with Crippen LogP contribution in [0, 0.1) is 11.8 Å². The van der Waals surface area contributed by atoms with Crippen molar-refractivity contribution < 1.29 is 4.79 Å². The van der Waals surface area contributed by atoms with Crippen LogP contribution in [0.3, 0.4) is 0 Å². The predicted molar refractivity (Wildman–Crippen MR) is 150 cm³/mol. The highest BCUT2D eigenvalue weighted by atomic mass is 32.1. The van der Waals surface area contributed by atoms with E-state index in [-0.39, 0.29) is 11.3 Å². The van der Waals surface area contributed by atoms with Gasteiger partial charge in [0, 0.05) is 36.0 Å². The maximum atomic E-state index is 14.5. The first-order valence-corrected chi connectivity index (χ1v) is 15.4. The molecule has 4 atom stereocenters. The van der Waals surface area contributed by atoms with Crippen LogP contribution in [0.15, 0.2) is 30.3 Å². The molecule has 1 aromatic carbocycles. The van der Waals surface area contributed by atoms with Crippen LogP contribution < -0.4 is 5.32 Å². The highest BCUT2D eigenvalue weighted by molar-refractivity contribution is 7.12. The molecule has 5 rings (SSSR count). The van der Waals surface area contributed by atoms with Gasteiger partial charge in [0.2, 0.25) is 5.91 Å². The Labute approximate surface area is 222 Å². The largest absolute Gasteiger partial charge is 0.339 e. The standard InChI is InChI=1S/C31H45N3OS/c1-4-12-26-29(36-28(5-2)33-26)31(3)21-32-20-25(31)30(35)34-18-17-24(22-13-8-6-9-14-22)19-27(34)23-15-10-7-11-16-23/h6,8-9,13-14,23-25,27,32H,4-5,7,10-12,15-21H2,1-3H3. The average Bonchev–Trinajstić information content (AvgIpc) is 3.53. The molecule has 4 nitrogen and oxygen atoms in total. The van der Waals surface area contributed by atoms with Crippen LogP contribution in [-0.2, 0) is 23.1 Å². The van der Waals surface area contributed by atoms with E-state index in [1.165, 1.54) is 53.2 Å². The summed E-state index contributed by atoms with van der Waals surface area (Å²) in [5.74, 6) is 1.62. The summed E-state index contributed by atoms with van der Waals surface area (Å²) >= 11 is 1.87. The second kappa shape index (κ2) is 11.3. The van der Waals surface area contributed by atoms with Crippen molar-refractivity contribution >= 4 is 17.2 Å². The summed E-state index contributed by atoms with van der Waals surface area (Å²) in [6, 6.07) is 11.4. The van der Waals surface area contributed by atoms with E-state index in [9.17, 15) is 4.79 Å². The number of likely N-dealkylation sites (tertiary alicyclic amines) is 1. The number of hydrogen-bond acceptors (Lipinski definition) is 4. The number of piperidine rings is 1. The first-order chi connectivity index (χ1) is 17.5. The van der Waals surface area contributed by atoms with Gasteiger partial charge in [-0.2, -0.15) is 0 Å². The summed E-state index contributed by atoms with van der Waals surface area (Å²) in [6.45, 7) is 9.33. The van der Waals surface area contributed by atoms with Crippen LogP contribution in [0.25, 0.3) is 0 Å². The van der Waals surface area contributed by atoms with E-state index in [4.69, 9.17) is 4.98 Å². The molecule has 4 unspecified atom stereocenters. The lowest BCUT2D eigenvalue weighted by molar-refractivity contribution is -0.142. The van der Waals surface area contributed by atoms with Gasteiger partial charge >= 0.3 is 0 Å². The molecule has 2 aliphatic heterocycles. The number of nitrogens with one attached hydrogen (secondary N) is 1. The molecule has 0 radical (unpaired) electrons. The minimum Gasteiger partial charge on any atom is -0.339 e. The van der Waals surface area contributed by atoms with Crippen molar-refractivity contribution in [3.05, 3.63) is 51.5 Å². The lowest BCUT2D eigenvalue weighted by Crippen LogP contribution is -2.54. The molecule has 36 heavy (non-hydrogen) atoms. The van der Waals surface area contributed by atoms with Gasteiger partial charge in [0.1, 0.15) is 0 Å². The fraction of sp³-hybridized carbons (Fsp3) is 0.677. The Balaban J connectivity index is 1.43. The average molecular weight is 508 g/mol. The van der Waals surface area contributed by atoms with Gasteiger partial charge < -0.3 is 10.2 Å². The quantitative estimate of drug-likeness (QED) is 0.466. The molecule has 0 bridgehead atoms. The van der Waals surface area contributed by atoms with Crippen molar-refractivity contribution in [3.63, 3.8) is 0 Å². The van der Waals surface area contributed by atoms with Crippen LogP contribution in [-0.4, -0.2) is 41.5 Å². The summed E-state index contributed by atoms with van der Waals surface area (Å²) in [6.07, 6.45) is 11.9. The topological polar surface area (TPSA) is 45.2 Å². The Morgan fingerprint density at radius 1 is 1.14 bits per heavy atom. The third kappa shape index (κ3) is 5.03. The zero-order valence-corrected chi connectivity index (χ0v) is 23.4. The lowest BCUT2D eigenvalue weighted by atomic mass is 9.73. The van der Waals surface area contributed by atoms with Crippen LogP contribution >= 0.6 is 11.3 Å². The highest BCUT2D eigenvalue weighted by Gasteiger charge is 2.50. The van der Waals surface area contributed by atoms with Gasteiger partial charge in [-0.1, -0.05) is 76.8 Å². The molecule has 196 valence electrons. The minimum absolute atomic E-state index is 0.00220. The van der Waals surface area contributed by atoms with Gasteiger partial charge in [-0.25, -0.2) is 4.98 Å². The Morgan fingerprint density at radius 3 is 2.64 bits per heavy atom. The molecule has 1 amide bonds. The summed E-state index contributed by atoms with van der Waals surface area (Å²) < 4.78 is 0. The molecular formula is C31H45N3OS. The molecule has 3 heterocycles. The van der Waals surface area contributed by atoms with E-state index in [0.717, 1.165) is 51.7 Å². The van der Waals surface area contributed by atoms with Crippen LogP contribution in [0.2, 0.25) is 0 Å². The van der Waals surface area contributed by atoms with E-state index >= 15 is 0 Å². The summed E-state index contributed by atoms with van der Waals surface area (Å²) in [4.78, 5) is 23.3. The van der Waals surface area contributed by atoms with Crippen molar-refractivity contribution in [1.29, 1.82) is 0 Å². The SMILES string of the molecule is CCCc1nc(CC)sc1C1(C)CNCC1C(=O)N1CCC(c2ccccc2)CC1C1CCCCC1. The summed E-state index contributed by atoms with van der Waals surface area (Å²) in [5, 5.41) is 4.86. The molecule has 5 heteroatoms. The van der Waals surface area contributed by atoms with E-state index in [2.05, 4.69) is 61.3 Å². The molecule has 0 spiro atoms. The van der Waals surface area contributed by atoms with E-state index in [0.29, 0.717) is 23.8 Å². The normalized spacial score (nSPS) is 29.5. The number of carbonyl (C=O) groups is 1. The van der Waals surface area contributed by atoms with Crippen LogP contribution in [0.4, 0.5) is 0 Å². The number of hydrogen-bond donors (Lipinski definition) is 1. The predicted octanol–water partition coefficient (Wildman–Crippen LogP) is 6.49. The molecule has 1 aliphatic carbocycles. The second-order valence-electron chi connectivity index (χ2n) is 11.7. The first-order valence-electron chi connectivity index (χ1n) is 14.6. The van der Waals surface area contributed by atoms with Crippen LogP contribution in [0.5, 0.6) is 0 Å². The Hall–Kier alpha value is -1.72. The molecular weight excluding hydrogens is 462 g/mol. The number of rotatable bonds is 7. The molecule has 2 saturated heterocycles. The third-order valence-corrected chi connectivity index (χ3v) is 10.9. The van der Waals surface area contributed by atoms with E-state index < -0.39 is 0 Å². The van der Waals surface area contributed by atoms with Crippen molar-refractivity contribution in [2.24, 2.45) is 11.8 Å². The minimum atomic E-state index is -0.167. The number of thiazole rings is 1. The first kappa shape index (κ1) is 25.9. The smallest absolute Gasteiger partial charge is 0.228 e. The summed E-state index contributed by atoms with van der Waals surface area (Å²) in [7, 11) is 0. The molecule has 1 aromatic heterocycles. The van der Waals surface area contributed by atoms with Gasteiger partial charge in [0.05, 0.1) is 16.6 Å². The number of aryl methyl sites for hydroxylation is 2. The van der Waals surface area contributed by atoms with E-state index in [1.807, 2.05) is 11.3 Å². The van der Waals surface area contributed by atoms with Gasteiger partial charge in [0.25, 0.3) is 0 Å². The maximum Gasteiger partial charge on any atom is 0.228 e. The van der Waals surface area contributed by atoms with Gasteiger partial charge in [-0.15, -0.1) is 11.3 Å². The third-order valence-electron chi connectivity index (χ3n) is 9.35. The number of amides is 1. The molecule has 2 aromatic rings. The van der Waals surface area contributed by atoms with Crippen molar-refractivity contribution in [2.45, 2.75) is 102 Å². The highest BCUT2D eigenvalue weighted by Crippen LogP contribution is 2.45. The summed E-state index contributed by atoms with van der Waals surface area (Å²) in [5.41, 5.74) is 2.54. The molecule has 3 fully saturated rings. The van der Waals surface area contributed by atoms with Crippen molar-refractivity contribution in [2.75, 3.05) is 19.6 Å². The Morgan fingerprint density at radius 2 is 1.92 bits per heavy atom. The lowest BCUT2D eigenvalue weighted by Gasteiger charge is -2.46. The molecule has 1 N–H and O–H groups in total. The number of aromatic nitrogens is 1. The molecule has 3 aliphatic rings. The monoisotopic (exact) mass is 507 g/mol. The van der Waals surface area contributed by atoms with Gasteiger partial charge in [-0.05, 0) is 55.9 Å². The van der Waals surface area contributed by atoms with Gasteiger partial charge in [-0.3, -0.25) is 4.79 Å². The second-order valence-corrected chi connectivity index (χ2v) is 12.8. The molecule has 1 saturated carbocycles. The fourth-order valence-corrected chi connectivity index (χ4v) is 8.54. The number of carbonyl (C=O) groups excluding carboxylic acids is 1. The zero-order chi connectivity index (χ0) is 25.1. The van der Waals surface area contributed by atoms with Crippen molar-refractivity contribution in [1.82, 2.24) is 15.2 Å². The Bertz CT molecular complexity index is 1010. The maximum absolute atomic E-state index is 14.5. The Kier molecular flexibility index (Phi) is 8.17. The van der Waals surface area contributed by atoms with E-state index in [1.54, 1.807) is 0 Å². The zero-order valence-electron chi connectivity index (χ0n) is 22.6.